The maximum atomic E-state index is 13.0. The van der Waals surface area contributed by atoms with E-state index < -0.39 is 0 Å². The molecule has 1 aliphatic rings. The Kier molecular flexibility index (Phi) is 7.16. The number of amides is 2. The molecular formula is C23H23FN4O3S. The van der Waals surface area contributed by atoms with E-state index in [2.05, 4.69) is 15.5 Å². The van der Waals surface area contributed by atoms with Crippen LogP contribution in [0.25, 0.3) is 11.4 Å². The number of rotatable bonds is 7. The number of carbonyl (C=O) groups is 2. The fourth-order valence-electron chi connectivity index (χ4n) is 3.32. The largest absolute Gasteiger partial charge is 0.341 e. The molecule has 2 aromatic carbocycles. The van der Waals surface area contributed by atoms with E-state index in [1.165, 1.54) is 12.1 Å². The van der Waals surface area contributed by atoms with E-state index >= 15 is 0 Å². The third-order valence-electron chi connectivity index (χ3n) is 5.09. The van der Waals surface area contributed by atoms with Crippen molar-refractivity contribution in [3.05, 3.63) is 65.8 Å². The number of aryl methyl sites for hydroxylation is 1. The van der Waals surface area contributed by atoms with Crippen molar-refractivity contribution in [3.63, 3.8) is 0 Å². The van der Waals surface area contributed by atoms with Crippen LogP contribution in [-0.2, 0) is 22.4 Å². The molecule has 2 amide bonds. The van der Waals surface area contributed by atoms with Crippen LogP contribution in [0.4, 0.5) is 10.1 Å². The normalized spacial score (nSPS) is 13.7. The lowest BCUT2D eigenvalue weighted by molar-refractivity contribution is -0.130. The summed E-state index contributed by atoms with van der Waals surface area (Å²) in [6.45, 7) is 1.62. The van der Waals surface area contributed by atoms with Gasteiger partial charge in [-0.15, -0.1) is 0 Å². The average Bonchev–Trinajstić information content (AvgIpc) is 3.29. The van der Waals surface area contributed by atoms with E-state index in [-0.39, 0.29) is 24.1 Å². The molecule has 7 nitrogen and oxygen atoms in total. The predicted molar refractivity (Wildman–Crippen MR) is 121 cm³/mol. The van der Waals surface area contributed by atoms with Crippen molar-refractivity contribution >= 4 is 29.3 Å². The van der Waals surface area contributed by atoms with E-state index in [0.29, 0.717) is 35.8 Å². The maximum Gasteiger partial charge on any atom is 0.227 e. The molecule has 4 rings (SSSR count). The molecule has 1 aromatic heterocycles. The Morgan fingerprint density at radius 3 is 2.50 bits per heavy atom. The molecule has 3 aromatic rings. The number of hydrogen-bond acceptors (Lipinski definition) is 6. The predicted octanol–water partition coefficient (Wildman–Crippen LogP) is 3.56. The van der Waals surface area contributed by atoms with Crippen LogP contribution in [0.3, 0.4) is 0 Å². The molecule has 166 valence electrons. The number of benzene rings is 2. The Labute approximate surface area is 189 Å². The second kappa shape index (κ2) is 10.4. The van der Waals surface area contributed by atoms with Crippen LogP contribution in [0.5, 0.6) is 0 Å². The first-order chi connectivity index (χ1) is 15.6. The number of anilines is 1. The molecule has 0 unspecified atom stereocenters. The van der Waals surface area contributed by atoms with Crippen molar-refractivity contribution in [2.45, 2.75) is 19.3 Å². The summed E-state index contributed by atoms with van der Waals surface area (Å²) in [7, 11) is 0. The van der Waals surface area contributed by atoms with Crippen LogP contribution in [0.1, 0.15) is 17.9 Å². The first kappa shape index (κ1) is 22.0. The van der Waals surface area contributed by atoms with Gasteiger partial charge in [-0.05, 0) is 42.0 Å². The fourth-order valence-corrected chi connectivity index (χ4v) is 4.22. The van der Waals surface area contributed by atoms with Crippen LogP contribution in [0.2, 0.25) is 0 Å². The molecule has 0 atom stereocenters. The number of nitrogens with one attached hydrogen (secondary N) is 1. The lowest BCUT2D eigenvalue weighted by Gasteiger charge is -2.26. The molecule has 0 saturated carbocycles. The van der Waals surface area contributed by atoms with Crippen LogP contribution >= 0.6 is 11.8 Å². The zero-order valence-electron chi connectivity index (χ0n) is 17.4. The first-order valence-electron chi connectivity index (χ1n) is 10.4. The monoisotopic (exact) mass is 454 g/mol. The summed E-state index contributed by atoms with van der Waals surface area (Å²) < 4.78 is 18.2. The van der Waals surface area contributed by atoms with Crippen molar-refractivity contribution in [3.8, 4) is 11.4 Å². The summed E-state index contributed by atoms with van der Waals surface area (Å²) in [6, 6.07) is 13.1. The second-order valence-corrected chi connectivity index (χ2v) is 8.66. The number of thioether (sulfide) groups is 1. The minimum absolute atomic E-state index is 0.140. The third-order valence-corrected chi connectivity index (χ3v) is 6.04. The van der Waals surface area contributed by atoms with Crippen LogP contribution in [0.15, 0.2) is 53.1 Å². The Hall–Kier alpha value is -3.20. The highest BCUT2D eigenvalue weighted by atomic mass is 32.2. The van der Waals surface area contributed by atoms with Gasteiger partial charge in [0.25, 0.3) is 0 Å². The van der Waals surface area contributed by atoms with E-state index in [1.54, 1.807) is 24.3 Å². The molecule has 1 aliphatic heterocycles. The number of hydrogen-bond donors (Lipinski definition) is 1. The Morgan fingerprint density at radius 2 is 1.78 bits per heavy atom. The number of carbonyl (C=O) groups excluding carboxylic acids is 2. The minimum Gasteiger partial charge on any atom is -0.341 e. The minimum atomic E-state index is -0.338. The quantitative estimate of drug-likeness (QED) is 0.587. The summed E-state index contributed by atoms with van der Waals surface area (Å²) in [5.41, 5.74) is 2.23. The van der Waals surface area contributed by atoms with Gasteiger partial charge in [-0.2, -0.15) is 16.7 Å². The van der Waals surface area contributed by atoms with Crippen LogP contribution in [-0.4, -0.2) is 51.5 Å². The topological polar surface area (TPSA) is 88.3 Å². The highest BCUT2D eigenvalue weighted by Gasteiger charge is 2.17. The SMILES string of the molecule is O=C(CCc1nc(-c2ccc(F)cc2)no1)Nc1ccc(CC(=O)N2CCSCC2)cc1. The van der Waals surface area contributed by atoms with Crippen LogP contribution in [0, 0.1) is 5.82 Å². The Bertz CT molecular complexity index is 1060. The number of nitrogens with zero attached hydrogens (tertiary/aromatic N) is 3. The maximum absolute atomic E-state index is 13.0. The van der Waals surface area contributed by atoms with Crippen molar-refractivity contribution in [2.24, 2.45) is 0 Å². The Balaban J connectivity index is 1.24. The molecule has 1 fully saturated rings. The molecule has 1 N–H and O–H groups in total. The molecule has 0 spiro atoms. The number of aromatic nitrogens is 2. The zero-order valence-corrected chi connectivity index (χ0v) is 18.2. The van der Waals surface area contributed by atoms with Crippen molar-refractivity contribution in [1.29, 1.82) is 0 Å². The van der Waals surface area contributed by atoms with Crippen molar-refractivity contribution in [2.75, 3.05) is 29.9 Å². The van der Waals surface area contributed by atoms with Gasteiger partial charge >= 0.3 is 0 Å². The van der Waals surface area contributed by atoms with E-state index in [0.717, 1.165) is 30.2 Å². The van der Waals surface area contributed by atoms with Crippen LogP contribution < -0.4 is 5.32 Å². The summed E-state index contributed by atoms with van der Waals surface area (Å²) >= 11 is 1.87. The van der Waals surface area contributed by atoms with E-state index in [9.17, 15) is 14.0 Å². The molecule has 2 heterocycles. The van der Waals surface area contributed by atoms with Gasteiger partial charge in [-0.25, -0.2) is 4.39 Å². The average molecular weight is 455 g/mol. The van der Waals surface area contributed by atoms with Gasteiger partial charge in [0.05, 0.1) is 6.42 Å². The van der Waals surface area contributed by atoms with Gasteiger partial charge < -0.3 is 14.7 Å². The lowest BCUT2D eigenvalue weighted by Crippen LogP contribution is -2.38. The molecule has 9 heteroatoms. The summed E-state index contributed by atoms with van der Waals surface area (Å²) in [6.07, 6.45) is 0.839. The van der Waals surface area contributed by atoms with Crippen molar-refractivity contribution < 1.29 is 18.5 Å². The third kappa shape index (κ3) is 5.94. The van der Waals surface area contributed by atoms with E-state index in [1.807, 2.05) is 28.8 Å². The van der Waals surface area contributed by atoms with Gasteiger partial charge in [0.2, 0.25) is 23.5 Å². The zero-order chi connectivity index (χ0) is 22.3. The lowest BCUT2D eigenvalue weighted by atomic mass is 10.1. The first-order valence-corrected chi connectivity index (χ1v) is 11.5. The summed E-state index contributed by atoms with van der Waals surface area (Å²) in [5.74, 6) is 2.30. The molecule has 32 heavy (non-hydrogen) atoms. The van der Waals surface area contributed by atoms with Gasteiger partial charge in [-0.1, -0.05) is 17.3 Å². The van der Waals surface area contributed by atoms with Gasteiger partial charge in [0, 0.05) is 48.7 Å². The Morgan fingerprint density at radius 1 is 1.06 bits per heavy atom. The molecule has 0 radical (unpaired) electrons. The summed E-state index contributed by atoms with van der Waals surface area (Å²) in [5, 5.41) is 6.70. The standard InChI is InChI=1S/C23H23FN4O3S/c24-18-5-3-17(4-6-18)23-26-21(31-27-23)10-9-20(29)25-19-7-1-16(2-8-19)15-22(30)28-11-13-32-14-12-28/h1-8H,9-15H2,(H,25,29). The van der Waals surface area contributed by atoms with E-state index in [4.69, 9.17) is 4.52 Å². The molecule has 0 aliphatic carbocycles. The van der Waals surface area contributed by atoms with Gasteiger partial charge in [-0.3, -0.25) is 9.59 Å². The van der Waals surface area contributed by atoms with Crippen molar-refractivity contribution in [1.82, 2.24) is 15.0 Å². The molecule has 1 saturated heterocycles. The second-order valence-electron chi connectivity index (χ2n) is 7.43. The fraction of sp³-hybridized carbons (Fsp3) is 0.304. The number of halogens is 1. The summed E-state index contributed by atoms with van der Waals surface area (Å²) in [4.78, 5) is 30.8. The highest BCUT2D eigenvalue weighted by molar-refractivity contribution is 7.99. The highest BCUT2D eigenvalue weighted by Crippen LogP contribution is 2.17. The molecular weight excluding hydrogens is 431 g/mol. The van der Waals surface area contributed by atoms with Gasteiger partial charge in [0.15, 0.2) is 0 Å². The van der Waals surface area contributed by atoms with Gasteiger partial charge in [0.1, 0.15) is 5.82 Å². The smallest absolute Gasteiger partial charge is 0.227 e. The molecule has 0 bridgehead atoms.